The molecule has 0 unspecified atom stereocenters. The third kappa shape index (κ3) is 3.05. The average Bonchev–Trinajstić information content (AvgIpc) is 2.78. The number of nitrogens with zero attached hydrogens (tertiary/aromatic N) is 2. The predicted molar refractivity (Wildman–Crippen MR) is 73.4 cm³/mol. The van der Waals surface area contributed by atoms with Crippen molar-refractivity contribution < 1.29 is 26.9 Å². The highest BCUT2D eigenvalue weighted by molar-refractivity contribution is 6.54. The van der Waals surface area contributed by atoms with E-state index in [4.69, 9.17) is 9.31 Å². The Balaban J connectivity index is 2.26. The molecule has 1 aromatic rings. The Labute approximate surface area is 126 Å². The lowest BCUT2D eigenvalue weighted by molar-refractivity contribution is -0.141. The molecule has 0 saturated carbocycles. The number of aryl methyl sites for hydroxylation is 1. The van der Waals surface area contributed by atoms with Crippen molar-refractivity contribution in [3.8, 4) is 0 Å². The van der Waals surface area contributed by atoms with Gasteiger partial charge in [-0.2, -0.15) is 13.2 Å². The smallest absolute Gasteiger partial charge is 0.398 e. The molecule has 0 atom stereocenters. The van der Waals surface area contributed by atoms with Crippen LogP contribution in [0.4, 0.5) is 17.6 Å². The largest absolute Gasteiger partial charge is 0.525 e. The Morgan fingerprint density at radius 1 is 1.23 bits per heavy atom. The van der Waals surface area contributed by atoms with Gasteiger partial charge in [-0.05, 0) is 27.7 Å². The molecule has 1 aliphatic heterocycles. The maximum Gasteiger partial charge on any atom is 0.525 e. The molecule has 2 rings (SSSR count). The lowest BCUT2D eigenvalue weighted by Crippen LogP contribution is -2.41. The van der Waals surface area contributed by atoms with E-state index in [0.29, 0.717) is 0 Å². The molecule has 9 heteroatoms. The van der Waals surface area contributed by atoms with Gasteiger partial charge in [0.1, 0.15) is 11.6 Å². The summed E-state index contributed by atoms with van der Waals surface area (Å²) in [7, 11) is 0.0852. The fourth-order valence-corrected chi connectivity index (χ4v) is 1.90. The summed E-state index contributed by atoms with van der Waals surface area (Å²) < 4.78 is 64.1. The summed E-state index contributed by atoms with van der Waals surface area (Å²) in [6.07, 6.45) is -2.90. The number of imidazole rings is 1. The van der Waals surface area contributed by atoms with Crippen LogP contribution in [0.1, 0.15) is 39.2 Å². The average molecular weight is 320 g/mol. The fourth-order valence-electron chi connectivity index (χ4n) is 1.90. The first kappa shape index (κ1) is 17.0. The summed E-state index contributed by atoms with van der Waals surface area (Å²) in [6, 6.07) is 0. The molecule has 0 N–H and O–H groups in total. The molecule has 1 fully saturated rings. The second-order valence-electron chi connectivity index (χ2n) is 6.21. The van der Waals surface area contributed by atoms with Gasteiger partial charge in [-0.15, -0.1) is 0 Å². The van der Waals surface area contributed by atoms with Crippen LogP contribution in [-0.2, 0) is 22.5 Å². The minimum Gasteiger partial charge on any atom is -0.398 e. The van der Waals surface area contributed by atoms with Crippen LogP contribution in [0.5, 0.6) is 0 Å². The Kier molecular flexibility index (Phi) is 3.94. The molecule has 22 heavy (non-hydrogen) atoms. The maximum absolute atomic E-state index is 14.2. The molecule has 0 radical (unpaired) electrons. The fraction of sp³-hybridized carbons (Fsp3) is 0.615. The van der Waals surface area contributed by atoms with Gasteiger partial charge in [0.05, 0.1) is 11.2 Å². The van der Waals surface area contributed by atoms with Gasteiger partial charge in [-0.3, -0.25) is 0 Å². The summed E-state index contributed by atoms with van der Waals surface area (Å²) in [4.78, 5) is 3.38. The second-order valence-corrected chi connectivity index (χ2v) is 6.21. The molecule has 1 aliphatic rings. The third-order valence-electron chi connectivity index (χ3n) is 3.95. The van der Waals surface area contributed by atoms with E-state index >= 15 is 0 Å². The van der Waals surface area contributed by atoms with Gasteiger partial charge in [0.25, 0.3) is 0 Å². The van der Waals surface area contributed by atoms with E-state index in [0.717, 1.165) is 16.8 Å². The molecule has 0 bridgehead atoms. The molecule has 0 amide bonds. The first-order valence-electron chi connectivity index (χ1n) is 6.67. The number of halogens is 4. The molecule has 1 saturated heterocycles. The van der Waals surface area contributed by atoms with Gasteiger partial charge >= 0.3 is 13.3 Å². The number of aromatic nitrogens is 2. The zero-order chi connectivity index (χ0) is 16.9. The summed E-state index contributed by atoms with van der Waals surface area (Å²) in [6.45, 7) is 7.01. The highest BCUT2D eigenvalue weighted by Gasteiger charge is 2.53. The Morgan fingerprint density at radius 3 is 2.14 bits per heavy atom. The van der Waals surface area contributed by atoms with Crippen LogP contribution < -0.4 is 0 Å². The topological polar surface area (TPSA) is 36.3 Å². The first-order chi connectivity index (χ1) is 9.83. The molecule has 2 heterocycles. The van der Waals surface area contributed by atoms with Crippen LogP contribution in [0.2, 0.25) is 0 Å². The summed E-state index contributed by atoms with van der Waals surface area (Å²) in [5.74, 6) is -0.167. The van der Waals surface area contributed by atoms with Crippen LogP contribution >= 0.6 is 0 Å². The van der Waals surface area contributed by atoms with E-state index in [2.05, 4.69) is 4.98 Å². The number of rotatable bonds is 2. The van der Waals surface area contributed by atoms with Gasteiger partial charge in [0.2, 0.25) is 0 Å². The van der Waals surface area contributed by atoms with Gasteiger partial charge < -0.3 is 13.9 Å². The SMILES string of the molecule is Cn1cc(C(F)(F)F)nc1C=C(F)B1OC(C)(C)C(C)(C)O1. The van der Waals surface area contributed by atoms with Crippen LogP contribution in [0, 0.1) is 0 Å². The molecule has 1 aromatic heterocycles. The Hall–Kier alpha value is -1.35. The van der Waals surface area contributed by atoms with E-state index in [1.807, 2.05) is 0 Å². The monoisotopic (exact) mass is 320 g/mol. The second kappa shape index (κ2) is 5.09. The molecule has 0 aromatic carbocycles. The van der Waals surface area contributed by atoms with Crippen molar-refractivity contribution in [1.82, 2.24) is 9.55 Å². The Morgan fingerprint density at radius 2 is 1.73 bits per heavy atom. The highest BCUT2D eigenvalue weighted by atomic mass is 19.4. The number of hydrogen-bond donors (Lipinski definition) is 0. The molecule has 0 spiro atoms. The molecular formula is C13H17BF4N2O2. The van der Waals surface area contributed by atoms with E-state index in [-0.39, 0.29) is 5.82 Å². The highest BCUT2D eigenvalue weighted by Crippen LogP contribution is 2.39. The summed E-state index contributed by atoms with van der Waals surface area (Å²) >= 11 is 0. The van der Waals surface area contributed by atoms with Gasteiger partial charge in [-0.1, -0.05) is 0 Å². The van der Waals surface area contributed by atoms with Crippen molar-refractivity contribution in [1.29, 1.82) is 0 Å². The zero-order valence-electron chi connectivity index (χ0n) is 13.0. The normalized spacial score (nSPS) is 21.5. The van der Waals surface area contributed by atoms with Gasteiger partial charge in [0, 0.05) is 19.3 Å². The first-order valence-corrected chi connectivity index (χ1v) is 6.67. The van der Waals surface area contributed by atoms with Crippen molar-refractivity contribution >= 4 is 13.2 Å². The van der Waals surface area contributed by atoms with Crippen molar-refractivity contribution in [2.24, 2.45) is 7.05 Å². The van der Waals surface area contributed by atoms with Crippen molar-refractivity contribution in [3.63, 3.8) is 0 Å². The lowest BCUT2D eigenvalue weighted by Gasteiger charge is -2.32. The molecule has 4 nitrogen and oxygen atoms in total. The number of alkyl halides is 3. The van der Waals surface area contributed by atoms with E-state index < -0.39 is 35.9 Å². The van der Waals surface area contributed by atoms with Gasteiger partial charge in [0.15, 0.2) is 5.69 Å². The molecule has 122 valence electrons. The van der Waals surface area contributed by atoms with Crippen molar-refractivity contribution in [3.05, 3.63) is 23.4 Å². The van der Waals surface area contributed by atoms with Crippen molar-refractivity contribution in [2.45, 2.75) is 45.1 Å². The third-order valence-corrected chi connectivity index (χ3v) is 3.95. The van der Waals surface area contributed by atoms with Crippen LogP contribution in [-0.4, -0.2) is 27.9 Å². The van der Waals surface area contributed by atoms with Gasteiger partial charge in [-0.25, -0.2) is 9.37 Å². The number of hydrogen-bond acceptors (Lipinski definition) is 3. The Bertz CT molecular complexity index is 592. The molecule has 0 aliphatic carbocycles. The predicted octanol–water partition coefficient (Wildman–Crippen LogP) is 3.38. The minimum absolute atomic E-state index is 0.167. The standard InChI is InChI=1S/C13H17BF4N2O2/c1-11(2)12(3,4)22-14(21-11)9(15)6-10-19-8(7-20(10)5)13(16,17)18/h6-7H,1-5H3. The minimum atomic E-state index is -4.58. The van der Waals surface area contributed by atoms with Crippen LogP contribution in [0.25, 0.3) is 6.08 Å². The summed E-state index contributed by atoms with van der Waals surface area (Å²) in [5, 5.41) is 0. The molecular weight excluding hydrogens is 303 g/mol. The van der Waals surface area contributed by atoms with E-state index in [1.54, 1.807) is 27.7 Å². The van der Waals surface area contributed by atoms with Crippen LogP contribution in [0.3, 0.4) is 0 Å². The van der Waals surface area contributed by atoms with Crippen LogP contribution in [0.15, 0.2) is 11.9 Å². The van der Waals surface area contributed by atoms with E-state index in [9.17, 15) is 17.6 Å². The quantitative estimate of drug-likeness (QED) is 0.619. The lowest BCUT2D eigenvalue weighted by atomic mass is 9.87. The maximum atomic E-state index is 14.2. The summed E-state index contributed by atoms with van der Waals surface area (Å²) in [5.41, 5.74) is -3.38. The van der Waals surface area contributed by atoms with E-state index in [1.165, 1.54) is 7.05 Å². The van der Waals surface area contributed by atoms with Crippen molar-refractivity contribution in [2.75, 3.05) is 0 Å². The zero-order valence-corrected chi connectivity index (χ0v) is 13.0.